The summed E-state index contributed by atoms with van der Waals surface area (Å²) in [5.74, 6) is 0.382. The van der Waals surface area contributed by atoms with Gasteiger partial charge >= 0.3 is 0 Å². The van der Waals surface area contributed by atoms with Crippen LogP contribution in [0, 0.1) is 0 Å². The second-order valence-corrected chi connectivity index (χ2v) is 8.95. The second-order valence-electron chi connectivity index (χ2n) is 6.60. The molecule has 2 aromatic carbocycles. The third-order valence-electron chi connectivity index (χ3n) is 4.41. The Hall–Kier alpha value is -3.11. The first kappa shape index (κ1) is 20.2. The number of carbonyl (C=O) groups excluding carboxylic acids is 1. The molecule has 0 unspecified atom stereocenters. The molecule has 0 bridgehead atoms. The van der Waals surface area contributed by atoms with Crippen molar-refractivity contribution >= 4 is 33.2 Å². The number of rotatable bonds is 5. The van der Waals surface area contributed by atoms with E-state index in [2.05, 4.69) is 15.5 Å². The van der Waals surface area contributed by atoms with Gasteiger partial charge in [-0.15, -0.1) is 0 Å². The van der Waals surface area contributed by atoms with Gasteiger partial charge in [-0.1, -0.05) is 28.9 Å². The predicted molar refractivity (Wildman–Crippen MR) is 110 cm³/mol. The normalized spacial score (nSPS) is 15.9. The molecular formula is C19H17ClN4O5S. The van der Waals surface area contributed by atoms with Gasteiger partial charge in [0.15, 0.2) is 6.10 Å². The molecule has 0 aliphatic carbocycles. The Bertz CT molecular complexity index is 1180. The molecule has 0 saturated heterocycles. The first-order chi connectivity index (χ1) is 14.3. The standard InChI is InChI=1S/C19H17ClN4O5S/c1-30(26,27)24-11-16(28-15-5-3-2-4-14(15)24)19(25)21-10-17-22-18(23-29-17)12-6-8-13(20)9-7-12/h2-9,16H,10-11H2,1H3,(H,21,25)/t16-/m1/s1. The van der Waals surface area contributed by atoms with Crippen molar-refractivity contribution < 1.29 is 22.5 Å². The highest BCUT2D eigenvalue weighted by molar-refractivity contribution is 7.92. The fourth-order valence-electron chi connectivity index (χ4n) is 2.97. The molecule has 1 amide bonds. The third-order valence-corrected chi connectivity index (χ3v) is 5.81. The third kappa shape index (κ3) is 4.24. The number of anilines is 1. The minimum atomic E-state index is -3.58. The number of nitrogens with one attached hydrogen (secondary N) is 1. The Morgan fingerprint density at radius 3 is 2.70 bits per heavy atom. The van der Waals surface area contributed by atoms with Gasteiger partial charge in [0.25, 0.3) is 5.91 Å². The van der Waals surface area contributed by atoms with Crippen LogP contribution in [-0.2, 0) is 21.4 Å². The number of ether oxygens (including phenoxy) is 1. The van der Waals surface area contributed by atoms with Crippen LogP contribution in [0.4, 0.5) is 5.69 Å². The molecule has 30 heavy (non-hydrogen) atoms. The summed E-state index contributed by atoms with van der Waals surface area (Å²) in [6.45, 7) is -0.165. The van der Waals surface area contributed by atoms with E-state index in [-0.39, 0.29) is 19.0 Å². The SMILES string of the molecule is CS(=O)(=O)N1C[C@H](C(=O)NCc2nc(-c3ccc(Cl)cc3)no2)Oc2ccccc21. The molecule has 1 atom stereocenters. The number of hydrogen-bond acceptors (Lipinski definition) is 7. The highest BCUT2D eigenvalue weighted by atomic mass is 35.5. The number of aromatic nitrogens is 2. The van der Waals surface area contributed by atoms with Gasteiger partial charge in [0, 0.05) is 10.6 Å². The van der Waals surface area contributed by atoms with Crippen molar-refractivity contribution in [3.63, 3.8) is 0 Å². The van der Waals surface area contributed by atoms with E-state index >= 15 is 0 Å². The molecule has 1 aliphatic heterocycles. The summed E-state index contributed by atoms with van der Waals surface area (Å²) in [5.41, 5.74) is 1.12. The van der Waals surface area contributed by atoms with Crippen molar-refractivity contribution in [1.29, 1.82) is 0 Å². The smallest absolute Gasteiger partial charge is 0.263 e. The number of benzene rings is 2. The molecule has 1 aromatic heterocycles. The van der Waals surface area contributed by atoms with E-state index < -0.39 is 22.0 Å². The van der Waals surface area contributed by atoms with Crippen LogP contribution in [0.15, 0.2) is 53.1 Å². The van der Waals surface area contributed by atoms with Gasteiger partial charge in [-0.25, -0.2) is 8.42 Å². The largest absolute Gasteiger partial charge is 0.476 e. The molecule has 4 rings (SSSR count). The molecule has 2 heterocycles. The quantitative estimate of drug-likeness (QED) is 0.636. The van der Waals surface area contributed by atoms with Crippen LogP contribution in [0.25, 0.3) is 11.4 Å². The second kappa shape index (κ2) is 7.96. The van der Waals surface area contributed by atoms with Crippen LogP contribution in [0.3, 0.4) is 0 Å². The maximum Gasteiger partial charge on any atom is 0.263 e. The average Bonchev–Trinajstić information content (AvgIpc) is 3.20. The summed E-state index contributed by atoms with van der Waals surface area (Å²) in [5, 5.41) is 7.11. The van der Waals surface area contributed by atoms with E-state index in [1.54, 1.807) is 48.5 Å². The summed E-state index contributed by atoms with van der Waals surface area (Å²) in [6.07, 6.45) is 0.0640. The fraction of sp³-hybridized carbons (Fsp3) is 0.211. The van der Waals surface area contributed by atoms with Crippen molar-refractivity contribution in [1.82, 2.24) is 15.5 Å². The van der Waals surface area contributed by atoms with Gasteiger partial charge in [0.1, 0.15) is 5.75 Å². The molecule has 3 aromatic rings. The average molecular weight is 449 g/mol. The van der Waals surface area contributed by atoms with E-state index in [0.717, 1.165) is 16.1 Å². The first-order valence-corrected chi connectivity index (χ1v) is 11.1. The molecule has 1 N–H and O–H groups in total. The molecule has 0 spiro atoms. The van der Waals surface area contributed by atoms with E-state index in [9.17, 15) is 13.2 Å². The lowest BCUT2D eigenvalue weighted by atomic mass is 10.2. The van der Waals surface area contributed by atoms with E-state index in [0.29, 0.717) is 22.3 Å². The minimum Gasteiger partial charge on any atom is -0.476 e. The monoisotopic (exact) mass is 448 g/mol. The number of nitrogens with zero attached hydrogens (tertiary/aromatic N) is 3. The van der Waals surface area contributed by atoms with Crippen molar-refractivity contribution in [2.24, 2.45) is 0 Å². The molecule has 0 radical (unpaired) electrons. The summed E-state index contributed by atoms with van der Waals surface area (Å²) >= 11 is 5.87. The molecule has 11 heteroatoms. The Kier molecular flexibility index (Phi) is 5.35. The van der Waals surface area contributed by atoms with Gasteiger partial charge in [-0.2, -0.15) is 4.98 Å². The van der Waals surface area contributed by atoms with E-state index in [1.165, 1.54) is 0 Å². The van der Waals surface area contributed by atoms with Crippen LogP contribution < -0.4 is 14.4 Å². The van der Waals surface area contributed by atoms with Gasteiger partial charge in [-0.3, -0.25) is 9.10 Å². The summed E-state index contributed by atoms with van der Waals surface area (Å²) < 4.78 is 36.3. The minimum absolute atomic E-state index is 0.0280. The topological polar surface area (TPSA) is 115 Å². The Morgan fingerprint density at radius 1 is 1.23 bits per heavy atom. The van der Waals surface area contributed by atoms with Crippen LogP contribution in [-0.4, -0.2) is 43.4 Å². The molecule has 0 fully saturated rings. The van der Waals surface area contributed by atoms with Crippen LogP contribution in [0.2, 0.25) is 5.02 Å². The first-order valence-electron chi connectivity index (χ1n) is 8.91. The highest BCUT2D eigenvalue weighted by Gasteiger charge is 2.34. The van der Waals surface area contributed by atoms with Gasteiger partial charge < -0.3 is 14.6 Å². The maximum absolute atomic E-state index is 12.6. The Labute approximate surface area is 177 Å². The summed E-state index contributed by atoms with van der Waals surface area (Å²) in [4.78, 5) is 16.8. The number of hydrogen-bond donors (Lipinski definition) is 1. The fourth-order valence-corrected chi connectivity index (χ4v) is 4.01. The van der Waals surface area contributed by atoms with Crippen LogP contribution >= 0.6 is 11.6 Å². The molecular weight excluding hydrogens is 432 g/mol. The number of amides is 1. The highest BCUT2D eigenvalue weighted by Crippen LogP contribution is 2.34. The van der Waals surface area contributed by atoms with Gasteiger partial charge in [0.05, 0.1) is 25.0 Å². The zero-order chi connectivity index (χ0) is 21.3. The summed E-state index contributed by atoms with van der Waals surface area (Å²) in [6, 6.07) is 13.6. The number of fused-ring (bicyclic) bond motifs is 1. The zero-order valence-corrected chi connectivity index (χ0v) is 17.4. The molecule has 1 aliphatic rings. The predicted octanol–water partition coefficient (Wildman–Crippen LogP) is 2.23. The molecule has 156 valence electrons. The van der Waals surface area contributed by atoms with E-state index in [1.807, 2.05) is 0 Å². The number of sulfonamides is 1. The number of para-hydroxylation sites is 2. The summed E-state index contributed by atoms with van der Waals surface area (Å²) in [7, 11) is -3.58. The van der Waals surface area contributed by atoms with Crippen molar-refractivity contribution in [2.75, 3.05) is 17.1 Å². The number of carbonyl (C=O) groups is 1. The van der Waals surface area contributed by atoms with Gasteiger partial charge in [-0.05, 0) is 36.4 Å². The van der Waals surface area contributed by atoms with Crippen molar-refractivity contribution in [3.8, 4) is 17.1 Å². The molecule has 0 saturated carbocycles. The van der Waals surface area contributed by atoms with Crippen molar-refractivity contribution in [3.05, 3.63) is 59.4 Å². The van der Waals surface area contributed by atoms with Crippen LogP contribution in [0.1, 0.15) is 5.89 Å². The lowest BCUT2D eigenvalue weighted by Crippen LogP contribution is -2.50. The van der Waals surface area contributed by atoms with E-state index in [4.69, 9.17) is 20.9 Å². The number of halogens is 1. The van der Waals surface area contributed by atoms with Crippen LogP contribution in [0.5, 0.6) is 5.75 Å². The maximum atomic E-state index is 12.6. The van der Waals surface area contributed by atoms with Gasteiger partial charge in [0.2, 0.25) is 21.7 Å². The molecule has 9 nitrogen and oxygen atoms in total. The lowest BCUT2D eigenvalue weighted by molar-refractivity contribution is -0.128. The Morgan fingerprint density at radius 2 is 1.97 bits per heavy atom. The van der Waals surface area contributed by atoms with Crippen molar-refractivity contribution in [2.45, 2.75) is 12.6 Å². The zero-order valence-electron chi connectivity index (χ0n) is 15.8. The lowest BCUT2D eigenvalue weighted by Gasteiger charge is -2.33. The Balaban J connectivity index is 1.44.